The first-order valence-electron chi connectivity index (χ1n) is 2.99. The van der Waals surface area contributed by atoms with Crippen molar-refractivity contribution in [2.45, 2.75) is 13.0 Å². The molecule has 1 aromatic rings. The summed E-state index contributed by atoms with van der Waals surface area (Å²) in [5.74, 6) is 0. The molecule has 0 aliphatic heterocycles. The average molecular weight is 202 g/mol. The van der Waals surface area contributed by atoms with Crippen LogP contribution in [0.15, 0.2) is 22.9 Å². The number of hydrogen-bond acceptors (Lipinski definition) is 2. The maximum absolute atomic E-state index is 9.10. The van der Waals surface area contributed by atoms with Gasteiger partial charge in [-0.1, -0.05) is 0 Å². The van der Waals surface area contributed by atoms with E-state index in [1.54, 1.807) is 25.3 Å². The van der Waals surface area contributed by atoms with Crippen LogP contribution in [0, 0.1) is 0 Å². The predicted molar refractivity (Wildman–Crippen MR) is 42.6 cm³/mol. The van der Waals surface area contributed by atoms with E-state index in [-0.39, 0.29) is 0 Å². The van der Waals surface area contributed by atoms with E-state index in [0.717, 1.165) is 10.2 Å². The smallest absolute Gasteiger partial charge is 0.106 e. The molecule has 54 valence electrons. The Morgan fingerprint density at radius 1 is 1.70 bits per heavy atom. The lowest BCUT2D eigenvalue weighted by atomic mass is 10.2. The van der Waals surface area contributed by atoms with E-state index in [2.05, 4.69) is 20.9 Å². The zero-order chi connectivity index (χ0) is 7.56. The Morgan fingerprint density at radius 2 is 2.40 bits per heavy atom. The molecule has 0 unspecified atom stereocenters. The highest BCUT2D eigenvalue weighted by molar-refractivity contribution is 9.10. The van der Waals surface area contributed by atoms with Crippen LogP contribution in [0.2, 0.25) is 0 Å². The van der Waals surface area contributed by atoms with Crippen molar-refractivity contribution in [2.24, 2.45) is 0 Å². The number of aliphatic hydroxyl groups excluding tert-OH is 1. The Kier molecular flexibility index (Phi) is 2.40. The highest BCUT2D eigenvalue weighted by atomic mass is 79.9. The van der Waals surface area contributed by atoms with Crippen molar-refractivity contribution >= 4 is 15.9 Å². The fourth-order valence-electron chi connectivity index (χ4n) is 0.677. The molecule has 10 heavy (non-hydrogen) atoms. The quantitative estimate of drug-likeness (QED) is 0.705. The highest BCUT2D eigenvalue weighted by Gasteiger charge is 1.99. The van der Waals surface area contributed by atoms with Gasteiger partial charge in [-0.2, -0.15) is 0 Å². The van der Waals surface area contributed by atoms with Crippen molar-refractivity contribution in [1.29, 1.82) is 0 Å². The molecule has 0 saturated carbocycles. The summed E-state index contributed by atoms with van der Waals surface area (Å²) in [6.45, 7) is 1.72. The molecule has 1 N–H and O–H groups in total. The second-order valence-electron chi connectivity index (χ2n) is 2.09. The lowest BCUT2D eigenvalue weighted by Gasteiger charge is -2.02. The van der Waals surface area contributed by atoms with E-state index in [1.165, 1.54) is 0 Å². The van der Waals surface area contributed by atoms with E-state index in [4.69, 9.17) is 5.11 Å². The number of nitrogens with zero attached hydrogens (tertiary/aromatic N) is 1. The predicted octanol–water partition coefficient (Wildman–Crippen LogP) is 1.90. The van der Waals surface area contributed by atoms with Crippen LogP contribution in [0.5, 0.6) is 0 Å². The van der Waals surface area contributed by atoms with Crippen molar-refractivity contribution in [1.82, 2.24) is 4.98 Å². The molecule has 0 bridgehead atoms. The molecule has 1 rings (SSSR count). The molecule has 3 heteroatoms. The molecular formula is C7H8BrNO. The molecule has 0 amide bonds. The van der Waals surface area contributed by atoms with Crippen LogP contribution in [0.4, 0.5) is 0 Å². The van der Waals surface area contributed by atoms with Gasteiger partial charge in [0.1, 0.15) is 4.60 Å². The number of aromatic nitrogens is 1. The van der Waals surface area contributed by atoms with Gasteiger partial charge in [0.25, 0.3) is 0 Å². The monoisotopic (exact) mass is 201 g/mol. The largest absolute Gasteiger partial charge is 0.389 e. The lowest BCUT2D eigenvalue weighted by Crippen LogP contribution is -1.90. The maximum atomic E-state index is 9.10. The SMILES string of the molecule is C[C@@H](O)c1ccnc(Br)c1. The molecule has 0 spiro atoms. The van der Waals surface area contributed by atoms with Gasteiger partial charge in [0.05, 0.1) is 6.10 Å². The molecule has 0 aliphatic carbocycles. The first-order chi connectivity index (χ1) is 4.70. The van der Waals surface area contributed by atoms with Crippen molar-refractivity contribution in [2.75, 3.05) is 0 Å². The van der Waals surface area contributed by atoms with Gasteiger partial charge in [-0.25, -0.2) is 4.98 Å². The number of rotatable bonds is 1. The minimum absolute atomic E-state index is 0.417. The van der Waals surface area contributed by atoms with E-state index < -0.39 is 6.10 Å². The Labute approximate surface area is 68.0 Å². The van der Waals surface area contributed by atoms with Crippen LogP contribution in [0.25, 0.3) is 0 Å². The van der Waals surface area contributed by atoms with Crippen LogP contribution in [0.1, 0.15) is 18.6 Å². The molecule has 0 aromatic carbocycles. The summed E-state index contributed by atoms with van der Waals surface area (Å²) < 4.78 is 0.755. The van der Waals surface area contributed by atoms with Crippen LogP contribution in [-0.2, 0) is 0 Å². The Morgan fingerprint density at radius 3 is 2.80 bits per heavy atom. The number of halogens is 1. The third kappa shape index (κ3) is 1.78. The fourth-order valence-corrected chi connectivity index (χ4v) is 1.06. The summed E-state index contributed by atoms with van der Waals surface area (Å²) in [5, 5.41) is 9.10. The molecule has 1 heterocycles. The summed E-state index contributed by atoms with van der Waals surface area (Å²) >= 11 is 3.21. The van der Waals surface area contributed by atoms with Crippen molar-refractivity contribution in [3.63, 3.8) is 0 Å². The van der Waals surface area contributed by atoms with Crippen LogP contribution in [-0.4, -0.2) is 10.1 Å². The number of hydrogen-bond donors (Lipinski definition) is 1. The molecule has 1 aromatic heterocycles. The summed E-state index contributed by atoms with van der Waals surface area (Å²) in [4.78, 5) is 3.93. The van der Waals surface area contributed by atoms with E-state index >= 15 is 0 Å². The molecule has 0 radical (unpaired) electrons. The zero-order valence-corrected chi connectivity index (χ0v) is 7.17. The summed E-state index contributed by atoms with van der Waals surface area (Å²) in [6.07, 6.45) is 1.24. The summed E-state index contributed by atoms with van der Waals surface area (Å²) in [6, 6.07) is 3.58. The van der Waals surface area contributed by atoms with Crippen LogP contribution in [0.3, 0.4) is 0 Å². The first-order valence-corrected chi connectivity index (χ1v) is 3.79. The fraction of sp³-hybridized carbons (Fsp3) is 0.286. The number of aliphatic hydroxyl groups is 1. The van der Waals surface area contributed by atoms with Gasteiger partial charge in [-0.3, -0.25) is 0 Å². The van der Waals surface area contributed by atoms with Gasteiger partial charge < -0.3 is 5.11 Å². The molecule has 2 nitrogen and oxygen atoms in total. The Hall–Kier alpha value is -0.410. The normalized spacial score (nSPS) is 13.1. The standard InChI is InChI=1S/C7H8BrNO/c1-5(10)6-2-3-9-7(8)4-6/h2-5,10H,1H3/t5-/m1/s1. The Bertz CT molecular complexity index is 225. The summed E-state index contributed by atoms with van der Waals surface area (Å²) in [7, 11) is 0. The van der Waals surface area contributed by atoms with Gasteiger partial charge in [0, 0.05) is 6.20 Å². The van der Waals surface area contributed by atoms with E-state index in [9.17, 15) is 0 Å². The van der Waals surface area contributed by atoms with Crippen LogP contribution >= 0.6 is 15.9 Å². The molecular weight excluding hydrogens is 194 g/mol. The second-order valence-corrected chi connectivity index (χ2v) is 2.90. The minimum atomic E-state index is -0.417. The third-order valence-corrected chi connectivity index (χ3v) is 1.67. The third-order valence-electron chi connectivity index (χ3n) is 1.23. The maximum Gasteiger partial charge on any atom is 0.106 e. The topological polar surface area (TPSA) is 33.1 Å². The highest BCUT2D eigenvalue weighted by Crippen LogP contribution is 2.14. The van der Waals surface area contributed by atoms with Gasteiger partial charge in [0.2, 0.25) is 0 Å². The molecule has 1 atom stereocenters. The van der Waals surface area contributed by atoms with Crippen molar-refractivity contribution in [3.05, 3.63) is 28.5 Å². The second kappa shape index (κ2) is 3.12. The Balaban J connectivity index is 2.96. The van der Waals surface area contributed by atoms with Gasteiger partial charge >= 0.3 is 0 Å². The van der Waals surface area contributed by atoms with Crippen molar-refractivity contribution < 1.29 is 5.11 Å². The van der Waals surface area contributed by atoms with E-state index in [0.29, 0.717) is 0 Å². The summed E-state index contributed by atoms with van der Waals surface area (Å²) in [5.41, 5.74) is 0.877. The van der Waals surface area contributed by atoms with Gasteiger partial charge in [-0.05, 0) is 40.5 Å². The van der Waals surface area contributed by atoms with Crippen molar-refractivity contribution in [3.8, 4) is 0 Å². The van der Waals surface area contributed by atoms with Crippen LogP contribution < -0.4 is 0 Å². The average Bonchev–Trinajstić information content (AvgIpc) is 1.88. The number of pyridine rings is 1. The minimum Gasteiger partial charge on any atom is -0.389 e. The molecule has 0 aliphatic rings. The molecule has 0 saturated heterocycles. The first kappa shape index (κ1) is 7.69. The van der Waals surface area contributed by atoms with Gasteiger partial charge in [0.15, 0.2) is 0 Å². The molecule has 0 fully saturated rings. The lowest BCUT2D eigenvalue weighted by molar-refractivity contribution is 0.199. The zero-order valence-electron chi connectivity index (χ0n) is 5.58. The van der Waals surface area contributed by atoms with Gasteiger partial charge in [-0.15, -0.1) is 0 Å². The van der Waals surface area contributed by atoms with E-state index in [1.807, 2.05) is 0 Å².